The van der Waals surface area contributed by atoms with Crippen LogP contribution in [0.5, 0.6) is 0 Å². The first-order chi connectivity index (χ1) is 10.4. The molecule has 0 unspecified atom stereocenters. The van der Waals surface area contributed by atoms with E-state index in [4.69, 9.17) is 9.47 Å². The summed E-state index contributed by atoms with van der Waals surface area (Å²) in [6.45, 7) is 10.3. The minimum absolute atomic E-state index is 0.116. The van der Waals surface area contributed by atoms with Crippen LogP contribution >= 0.6 is 0 Å². The molecule has 0 aliphatic carbocycles. The van der Waals surface area contributed by atoms with Crippen molar-refractivity contribution in [2.45, 2.75) is 52.7 Å². The van der Waals surface area contributed by atoms with Crippen LogP contribution in [-0.2, 0) is 9.47 Å². The summed E-state index contributed by atoms with van der Waals surface area (Å²) in [5, 5.41) is 4.70. The third-order valence-electron chi connectivity index (χ3n) is 1.76. The van der Waals surface area contributed by atoms with Crippen molar-refractivity contribution < 1.29 is 19.1 Å². The molecule has 0 saturated carbocycles. The van der Waals surface area contributed by atoms with Gasteiger partial charge < -0.3 is 9.47 Å². The molecule has 0 saturated heterocycles. The highest BCUT2D eigenvalue weighted by Crippen LogP contribution is 2.07. The minimum Gasteiger partial charge on any atom is -0.444 e. The second-order valence-corrected chi connectivity index (χ2v) is 6.48. The number of ether oxygens (including phenoxy) is 2. The van der Waals surface area contributed by atoms with Crippen molar-refractivity contribution in [2.75, 3.05) is 7.05 Å². The standard InChI is InChI=1S/C15H26N4O4/c1-14(2,3)22-12(20)18-11(17-10-8-9-16-7)19-13(21)23-15(4,5)6/h8-10H,1-7H3,(H2,17,18,19,20,21)/b10-8-,16-9?. The Bertz CT molecular complexity index is 465. The maximum absolute atomic E-state index is 11.8. The zero-order valence-electron chi connectivity index (χ0n) is 14.8. The molecule has 23 heavy (non-hydrogen) atoms. The van der Waals surface area contributed by atoms with Gasteiger partial charge in [-0.3, -0.25) is 15.6 Å². The number of allylic oxidation sites excluding steroid dienone is 1. The van der Waals surface area contributed by atoms with Crippen molar-refractivity contribution >= 4 is 24.4 Å². The Hall–Kier alpha value is -2.38. The number of nitrogens with zero attached hydrogens (tertiary/aromatic N) is 2. The van der Waals surface area contributed by atoms with Gasteiger partial charge in [0.2, 0.25) is 5.96 Å². The lowest BCUT2D eigenvalue weighted by molar-refractivity contribution is 0.0545. The first-order valence-corrected chi connectivity index (χ1v) is 7.08. The van der Waals surface area contributed by atoms with Gasteiger partial charge in [-0.25, -0.2) is 14.6 Å². The van der Waals surface area contributed by atoms with E-state index in [0.717, 1.165) is 0 Å². The molecule has 0 aliphatic heterocycles. The minimum atomic E-state index is -0.745. The number of rotatable bonds is 2. The highest BCUT2D eigenvalue weighted by molar-refractivity contribution is 6.01. The van der Waals surface area contributed by atoms with E-state index in [9.17, 15) is 9.59 Å². The molecular weight excluding hydrogens is 300 g/mol. The van der Waals surface area contributed by atoms with Crippen LogP contribution in [0.1, 0.15) is 41.5 Å². The van der Waals surface area contributed by atoms with Crippen LogP contribution in [0.3, 0.4) is 0 Å². The molecule has 0 rings (SSSR count). The van der Waals surface area contributed by atoms with E-state index in [-0.39, 0.29) is 5.96 Å². The quantitative estimate of drug-likeness (QED) is 0.601. The van der Waals surface area contributed by atoms with Crippen molar-refractivity contribution in [2.24, 2.45) is 9.98 Å². The van der Waals surface area contributed by atoms with Gasteiger partial charge in [-0.05, 0) is 47.6 Å². The summed E-state index contributed by atoms with van der Waals surface area (Å²) in [6.07, 6.45) is 2.90. The highest BCUT2D eigenvalue weighted by Gasteiger charge is 2.20. The number of guanidine groups is 1. The molecule has 2 N–H and O–H groups in total. The van der Waals surface area contributed by atoms with Gasteiger partial charge in [0.25, 0.3) is 0 Å². The summed E-state index contributed by atoms with van der Waals surface area (Å²) in [5.74, 6) is -0.116. The molecule has 0 fully saturated rings. The third kappa shape index (κ3) is 13.0. The van der Waals surface area contributed by atoms with E-state index in [0.29, 0.717) is 0 Å². The van der Waals surface area contributed by atoms with Crippen molar-refractivity contribution in [3.63, 3.8) is 0 Å². The molecule has 0 atom stereocenters. The summed E-state index contributed by atoms with van der Waals surface area (Å²) < 4.78 is 10.2. The summed E-state index contributed by atoms with van der Waals surface area (Å²) >= 11 is 0. The largest absolute Gasteiger partial charge is 0.444 e. The second-order valence-electron chi connectivity index (χ2n) is 6.48. The average molecular weight is 326 g/mol. The van der Waals surface area contributed by atoms with E-state index < -0.39 is 23.4 Å². The maximum atomic E-state index is 11.8. The van der Waals surface area contributed by atoms with Gasteiger partial charge >= 0.3 is 12.2 Å². The summed E-state index contributed by atoms with van der Waals surface area (Å²) in [7, 11) is 1.60. The van der Waals surface area contributed by atoms with Crippen molar-refractivity contribution in [3.8, 4) is 0 Å². The molecule has 0 aromatic heterocycles. The van der Waals surface area contributed by atoms with Crippen molar-refractivity contribution in [1.82, 2.24) is 10.6 Å². The fraction of sp³-hybridized carbons (Fsp3) is 0.600. The molecular formula is C15H26N4O4. The number of alkyl carbamates (subject to hydrolysis) is 2. The molecule has 0 spiro atoms. The first kappa shape index (κ1) is 20.6. The van der Waals surface area contributed by atoms with E-state index in [1.54, 1.807) is 48.6 Å². The summed E-state index contributed by atoms with van der Waals surface area (Å²) in [4.78, 5) is 31.2. The lowest BCUT2D eigenvalue weighted by atomic mass is 10.2. The fourth-order valence-corrected chi connectivity index (χ4v) is 1.14. The number of carbonyl (C=O) groups is 2. The van der Waals surface area contributed by atoms with Crippen LogP contribution in [-0.4, -0.2) is 42.6 Å². The Labute approximate surface area is 137 Å². The maximum Gasteiger partial charge on any atom is 0.414 e. The first-order valence-electron chi connectivity index (χ1n) is 7.08. The van der Waals surface area contributed by atoms with Crippen molar-refractivity contribution in [1.29, 1.82) is 0 Å². The Morgan fingerprint density at radius 1 is 0.913 bits per heavy atom. The average Bonchev–Trinajstić information content (AvgIpc) is 2.29. The number of aliphatic imine (C=N–C) groups is 2. The smallest absolute Gasteiger partial charge is 0.414 e. The molecule has 0 aliphatic rings. The zero-order valence-corrected chi connectivity index (χ0v) is 14.8. The topological polar surface area (TPSA) is 101 Å². The molecule has 0 bridgehead atoms. The molecule has 0 radical (unpaired) electrons. The molecule has 0 aromatic rings. The van der Waals surface area contributed by atoms with E-state index in [1.807, 2.05) is 0 Å². The Morgan fingerprint density at radius 3 is 1.70 bits per heavy atom. The van der Waals surface area contributed by atoms with Gasteiger partial charge in [0, 0.05) is 19.5 Å². The lowest BCUT2D eigenvalue weighted by Crippen LogP contribution is -2.47. The van der Waals surface area contributed by atoms with Crippen molar-refractivity contribution in [3.05, 3.63) is 12.3 Å². The third-order valence-corrected chi connectivity index (χ3v) is 1.76. The number of nitrogens with one attached hydrogen (secondary N) is 2. The summed E-state index contributed by atoms with van der Waals surface area (Å²) in [6, 6.07) is 0. The van der Waals surface area contributed by atoms with E-state index in [2.05, 4.69) is 20.6 Å². The van der Waals surface area contributed by atoms with Gasteiger partial charge in [0.05, 0.1) is 0 Å². The Kier molecular flexibility index (Phi) is 7.99. The Morgan fingerprint density at radius 2 is 1.35 bits per heavy atom. The zero-order chi connectivity index (χ0) is 18.1. The lowest BCUT2D eigenvalue weighted by Gasteiger charge is -2.21. The fourth-order valence-electron chi connectivity index (χ4n) is 1.14. The monoisotopic (exact) mass is 326 g/mol. The van der Waals surface area contributed by atoms with Gasteiger partial charge in [-0.1, -0.05) is 0 Å². The van der Waals surface area contributed by atoms with Gasteiger partial charge in [-0.2, -0.15) is 0 Å². The van der Waals surface area contributed by atoms with E-state index >= 15 is 0 Å². The molecule has 130 valence electrons. The molecule has 2 amide bonds. The molecule has 0 heterocycles. The van der Waals surface area contributed by atoms with Crippen LogP contribution in [0.2, 0.25) is 0 Å². The summed E-state index contributed by atoms with van der Waals surface area (Å²) in [5.41, 5.74) is -1.35. The number of hydrogen-bond acceptors (Lipinski definition) is 6. The van der Waals surface area contributed by atoms with E-state index in [1.165, 1.54) is 18.5 Å². The van der Waals surface area contributed by atoms with Crippen LogP contribution in [0, 0.1) is 0 Å². The molecule has 8 heteroatoms. The highest BCUT2D eigenvalue weighted by atomic mass is 16.6. The van der Waals surface area contributed by atoms with Crippen LogP contribution in [0.25, 0.3) is 0 Å². The second kappa shape index (κ2) is 8.92. The number of amides is 2. The van der Waals surface area contributed by atoms with Gasteiger partial charge in [-0.15, -0.1) is 0 Å². The predicted octanol–water partition coefficient (Wildman–Crippen LogP) is 2.61. The normalized spacial score (nSPS) is 12.1. The van der Waals surface area contributed by atoms with Gasteiger partial charge in [0.1, 0.15) is 11.2 Å². The molecule has 8 nitrogen and oxygen atoms in total. The predicted molar refractivity (Wildman–Crippen MR) is 89.7 cm³/mol. The molecule has 0 aromatic carbocycles. The number of hydrogen-bond donors (Lipinski definition) is 2. The number of carbonyl (C=O) groups excluding carboxylic acids is 2. The van der Waals surface area contributed by atoms with Crippen LogP contribution in [0.4, 0.5) is 9.59 Å². The van der Waals surface area contributed by atoms with Crippen LogP contribution in [0.15, 0.2) is 22.3 Å². The SMILES string of the molecule is CN=C/C=C\N=C(NC(=O)OC(C)(C)C)NC(=O)OC(C)(C)C. The Balaban J connectivity index is 4.95. The van der Waals surface area contributed by atoms with Crippen LogP contribution < -0.4 is 10.6 Å². The van der Waals surface area contributed by atoms with Gasteiger partial charge in [0.15, 0.2) is 0 Å².